The van der Waals surface area contributed by atoms with E-state index >= 15 is 0 Å². The van der Waals surface area contributed by atoms with E-state index in [4.69, 9.17) is 9.47 Å². The quantitative estimate of drug-likeness (QED) is 0.769. The summed E-state index contributed by atoms with van der Waals surface area (Å²) in [6.07, 6.45) is 5.29. The van der Waals surface area contributed by atoms with Crippen molar-refractivity contribution in [1.82, 2.24) is 14.9 Å². The Labute approximate surface area is 151 Å². The lowest BCUT2D eigenvalue weighted by atomic mass is 10.1. The van der Waals surface area contributed by atoms with Crippen LogP contribution in [0.2, 0.25) is 0 Å². The van der Waals surface area contributed by atoms with Crippen molar-refractivity contribution in [2.24, 2.45) is 0 Å². The van der Waals surface area contributed by atoms with Crippen molar-refractivity contribution in [1.29, 1.82) is 0 Å². The van der Waals surface area contributed by atoms with Gasteiger partial charge in [0.2, 0.25) is 0 Å². The molecule has 0 unspecified atom stereocenters. The van der Waals surface area contributed by atoms with Gasteiger partial charge in [-0.2, -0.15) is 0 Å². The highest BCUT2D eigenvalue weighted by molar-refractivity contribution is 6.02. The number of benzene rings is 1. The molecule has 2 aromatic rings. The van der Waals surface area contributed by atoms with Crippen LogP contribution in [0.4, 0.5) is 4.79 Å². The molecule has 7 nitrogen and oxygen atoms in total. The number of nitrogens with zero attached hydrogens (tertiary/aromatic N) is 3. The molecule has 1 atom stereocenters. The topological polar surface area (TPSA) is 81.6 Å². The van der Waals surface area contributed by atoms with Gasteiger partial charge in [0.1, 0.15) is 12.6 Å². The molecule has 0 aliphatic carbocycles. The molecule has 2 amide bonds. The largest absolute Gasteiger partial charge is 0.461 e. The summed E-state index contributed by atoms with van der Waals surface area (Å²) in [7, 11) is 0. The minimum Gasteiger partial charge on any atom is -0.461 e. The van der Waals surface area contributed by atoms with E-state index in [0.717, 1.165) is 10.5 Å². The summed E-state index contributed by atoms with van der Waals surface area (Å²) in [5.41, 5.74) is 1.47. The summed E-state index contributed by atoms with van der Waals surface area (Å²) in [6, 6.07) is 9.15. The highest BCUT2D eigenvalue weighted by Gasteiger charge is 2.37. The summed E-state index contributed by atoms with van der Waals surface area (Å²) in [5.74, 6) is -0.455. The first-order valence-corrected chi connectivity index (χ1v) is 8.26. The van der Waals surface area contributed by atoms with Crippen LogP contribution in [-0.4, -0.2) is 39.6 Å². The molecule has 134 valence electrons. The van der Waals surface area contributed by atoms with Gasteiger partial charge in [0, 0.05) is 24.0 Å². The normalized spacial score (nSPS) is 17.0. The van der Waals surface area contributed by atoms with E-state index in [9.17, 15) is 9.59 Å². The second kappa shape index (κ2) is 7.77. The van der Waals surface area contributed by atoms with E-state index in [-0.39, 0.29) is 18.7 Å². The van der Waals surface area contributed by atoms with Gasteiger partial charge < -0.3 is 9.47 Å². The lowest BCUT2D eigenvalue weighted by molar-refractivity contribution is -0.124. The average molecular weight is 353 g/mol. The van der Waals surface area contributed by atoms with Gasteiger partial charge in [0.15, 0.2) is 0 Å². The number of aromatic nitrogens is 2. The molecular formula is C19H19N3O4. The number of cyclic esters (lactones) is 1. The van der Waals surface area contributed by atoms with Crippen molar-refractivity contribution in [3.8, 4) is 6.01 Å². The molecule has 0 saturated carbocycles. The third kappa shape index (κ3) is 4.05. The molecule has 1 saturated heterocycles. The lowest BCUT2D eigenvalue weighted by Crippen LogP contribution is -2.32. The highest BCUT2D eigenvalue weighted by atomic mass is 16.6. The van der Waals surface area contributed by atoms with Crippen molar-refractivity contribution < 1.29 is 19.1 Å². The molecule has 0 N–H and O–H groups in total. The molecule has 0 radical (unpaired) electrons. The first-order chi connectivity index (χ1) is 12.5. The van der Waals surface area contributed by atoms with E-state index in [1.54, 1.807) is 18.5 Å². The molecule has 3 rings (SSSR count). The molecule has 1 aromatic heterocycles. The second-order valence-corrected chi connectivity index (χ2v) is 6.01. The van der Waals surface area contributed by atoms with Crippen LogP contribution in [-0.2, 0) is 9.53 Å². The van der Waals surface area contributed by atoms with Crippen LogP contribution in [0.3, 0.4) is 0 Å². The van der Waals surface area contributed by atoms with Crippen molar-refractivity contribution in [2.45, 2.75) is 26.0 Å². The number of ether oxygens (including phenoxy) is 2. The van der Waals surface area contributed by atoms with E-state index in [0.29, 0.717) is 5.56 Å². The van der Waals surface area contributed by atoms with E-state index in [1.165, 1.54) is 6.08 Å². The number of hydrogen-bond donors (Lipinski definition) is 0. The van der Waals surface area contributed by atoms with Gasteiger partial charge in [-0.25, -0.2) is 19.7 Å². The Kier molecular flexibility index (Phi) is 5.26. The Morgan fingerprint density at radius 2 is 1.96 bits per heavy atom. The van der Waals surface area contributed by atoms with Gasteiger partial charge >= 0.3 is 12.1 Å². The molecule has 7 heteroatoms. The van der Waals surface area contributed by atoms with Crippen LogP contribution in [0.25, 0.3) is 6.08 Å². The fourth-order valence-corrected chi connectivity index (χ4v) is 2.52. The van der Waals surface area contributed by atoms with Crippen molar-refractivity contribution in [2.75, 3.05) is 6.61 Å². The Balaban J connectivity index is 1.71. The molecule has 26 heavy (non-hydrogen) atoms. The molecule has 1 aliphatic heterocycles. The van der Waals surface area contributed by atoms with Crippen LogP contribution >= 0.6 is 0 Å². The van der Waals surface area contributed by atoms with E-state index in [1.807, 2.05) is 44.2 Å². The molecule has 1 aliphatic rings. The minimum atomic E-state index is -0.648. The maximum Gasteiger partial charge on any atom is 0.417 e. The van der Waals surface area contributed by atoms with Crippen molar-refractivity contribution >= 4 is 18.1 Å². The van der Waals surface area contributed by atoms with Gasteiger partial charge in [0.25, 0.3) is 5.91 Å². The maximum absolute atomic E-state index is 12.5. The molecule has 2 heterocycles. The Morgan fingerprint density at radius 1 is 1.27 bits per heavy atom. The van der Waals surface area contributed by atoms with E-state index in [2.05, 4.69) is 9.97 Å². The fourth-order valence-electron chi connectivity index (χ4n) is 2.52. The van der Waals surface area contributed by atoms with Gasteiger partial charge in [-0.1, -0.05) is 30.3 Å². The monoisotopic (exact) mass is 353 g/mol. The van der Waals surface area contributed by atoms with Crippen LogP contribution < -0.4 is 4.74 Å². The smallest absolute Gasteiger partial charge is 0.417 e. The van der Waals surface area contributed by atoms with Crippen molar-refractivity contribution in [3.05, 3.63) is 59.9 Å². The fraction of sp³-hybridized carbons (Fsp3) is 0.263. The predicted molar refractivity (Wildman–Crippen MR) is 94.2 cm³/mol. The molecule has 0 spiro atoms. The van der Waals surface area contributed by atoms with Gasteiger partial charge in [0.05, 0.1) is 6.10 Å². The zero-order valence-electron chi connectivity index (χ0n) is 14.5. The summed E-state index contributed by atoms with van der Waals surface area (Å²) >= 11 is 0. The zero-order chi connectivity index (χ0) is 18.5. The second-order valence-electron chi connectivity index (χ2n) is 6.01. The minimum absolute atomic E-state index is 0.0194. The highest BCUT2D eigenvalue weighted by Crippen LogP contribution is 2.27. The van der Waals surface area contributed by atoms with Gasteiger partial charge in [-0.05, 0) is 25.5 Å². The maximum atomic E-state index is 12.5. The standard InChI is InChI=1S/C19H19N3O4/c1-13(2)26-18-20-10-14(11-21-18)8-9-17(23)22-16(12-25-19(22)24)15-6-4-3-5-7-15/h3-11,13,16H,12H2,1-2H3/b9-8+/t16-/m0/s1. The lowest BCUT2D eigenvalue weighted by Gasteiger charge is -2.18. The number of carbonyl (C=O) groups is 2. The van der Waals surface area contributed by atoms with Crippen LogP contribution in [0.15, 0.2) is 48.8 Å². The first-order valence-electron chi connectivity index (χ1n) is 8.26. The van der Waals surface area contributed by atoms with E-state index < -0.39 is 18.0 Å². The van der Waals surface area contributed by atoms with Crippen LogP contribution in [0.5, 0.6) is 6.01 Å². The van der Waals surface area contributed by atoms with Crippen LogP contribution in [0, 0.1) is 0 Å². The van der Waals surface area contributed by atoms with Gasteiger partial charge in [-0.3, -0.25) is 4.79 Å². The SMILES string of the molecule is CC(C)Oc1ncc(/C=C/C(=O)N2C(=O)OC[C@H]2c2ccccc2)cn1. The summed E-state index contributed by atoms with van der Waals surface area (Å²) < 4.78 is 10.4. The average Bonchev–Trinajstić information content (AvgIpc) is 3.03. The predicted octanol–water partition coefficient (Wildman–Crippen LogP) is 3.00. The van der Waals surface area contributed by atoms with Crippen LogP contribution in [0.1, 0.15) is 31.0 Å². The number of amides is 2. The van der Waals surface area contributed by atoms with Crippen molar-refractivity contribution in [3.63, 3.8) is 0 Å². The molecular weight excluding hydrogens is 334 g/mol. The Morgan fingerprint density at radius 3 is 2.62 bits per heavy atom. The Bertz CT molecular complexity index is 803. The summed E-state index contributed by atoms with van der Waals surface area (Å²) in [6.45, 7) is 3.91. The zero-order valence-corrected chi connectivity index (χ0v) is 14.5. The summed E-state index contributed by atoms with van der Waals surface area (Å²) in [4.78, 5) is 33.7. The Hall–Kier alpha value is -3.22. The third-order valence-corrected chi connectivity index (χ3v) is 3.70. The number of rotatable bonds is 5. The number of hydrogen-bond acceptors (Lipinski definition) is 6. The summed E-state index contributed by atoms with van der Waals surface area (Å²) in [5, 5.41) is 0. The molecule has 1 aromatic carbocycles. The van der Waals surface area contributed by atoms with Gasteiger partial charge in [-0.15, -0.1) is 0 Å². The number of carbonyl (C=O) groups excluding carboxylic acids is 2. The number of imide groups is 1. The first kappa shape index (κ1) is 17.6. The molecule has 1 fully saturated rings. The third-order valence-electron chi connectivity index (χ3n) is 3.70. The molecule has 0 bridgehead atoms.